The third-order valence-electron chi connectivity index (χ3n) is 9.23. The van der Waals surface area contributed by atoms with E-state index in [4.69, 9.17) is 15.0 Å². The zero-order valence-corrected chi connectivity index (χ0v) is 26.5. The topological polar surface area (TPSA) is 43.6 Å². The Hall–Kier alpha value is -6.17. The second kappa shape index (κ2) is 10.7. The number of benzene rings is 7. The molecule has 3 heterocycles. The Bertz CT molecular complexity index is 2780. The van der Waals surface area contributed by atoms with Gasteiger partial charge in [0.2, 0.25) is 0 Å². The van der Waals surface area contributed by atoms with Gasteiger partial charge in [-0.1, -0.05) is 127 Å². The average Bonchev–Trinajstić information content (AvgIpc) is 3.69. The number of fused-ring (bicyclic) bond motifs is 7. The standard InChI is InChI=1S/C43H26N4S/c1-3-13-27(14-4-1)41-44-42(28-15-5-2-6-16-28)46-43(45-41)39-36(24-23-33-32-20-10-12-22-38(32)48-40(33)39)47-35-21-11-9-19-31(35)34-25-29-17-7-8-18-30(29)26-37(34)47/h1-26H. The lowest BCUT2D eigenvalue weighted by Crippen LogP contribution is -2.04. The molecule has 0 amide bonds. The van der Waals surface area contributed by atoms with Crippen LogP contribution in [0.2, 0.25) is 0 Å². The molecule has 7 aromatic carbocycles. The van der Waals surface area contributed by atoms with Gasteiger partial charge in [-0.2, -0.15) is 0 Å². The third kappa shape index (κ3) is 4.18. The maximum Gasteiger partial charge on any atom is 0.167 e. The summed E-state index contributed by atoms with van der Waals surface area (Å²) in [6.07, 6.45) is 0. The molecule has 0 saturated carbocycles. The molecule has 3 aromatic heterocycles. The normalized spacial score (nSPS) is 11.8. The Balaban J connectivity index is 1.37. The van der Waals surface area contributed by atoms with Gasteiger partial charge in [-0.25, -0.2) is 15.0 Å². The van der Waals surface area contributed by atoms with Gasteiger partial charge in [0.05, 0.1) is 22.3 Å². The quantitative estimate of drug-likeness (QED) is 0.194. The maximum absolute atomic E-state index is 5.27. The summed E-state index contributed by atoms with van der Waals surface area (Å²) in [7, 11) is 0. The van der Waals surface area contributed by atoms with E-state index in [2.05, 4.69) is 126 Å². The molecule has 0 aliphatic rings. The first-order valence-electron chi connectivity index (χ1n) is 16.0. The number of hydrogen-bond donors (Lipinski definition) is 0. The minimum absolute atomic E-state index is 0.650. The second-order valence-electron chi connectivity index (χ2n) is 12.0. The zero-order chi connectivity index (χ0) is 31.6. The van der Waals surface area contributed by atoms with Gasteiger partial charge in [-0.15, -0.1) is 11.3 Å². The van der Waals surface area contributed by atoms with E-state index in [1.807, 2.05) is 36.4 Å². The van der Waals surface area contributed by atoms with Gasteiger partial charge < -0.3 is 4.57 Å². The van der Waals surface area contributed by atoms with Gasteiger partial charge >= 0.3 is 0 Å². The molecule has 10 aromatic rings. The summed E-state index contributed by atoms with van der Waals surface area (Å²) >= 11 is 1.80. The average molecular weight is 631 g/mol. The number of nitrogens with zero attached hydrogens (tertiary/aromatic N) is 4. The van der Waals surface area contributed by atoms with Gasteiger partial charge in [0.1, 0.15) is 0 Å². The first kappa shape index (κ1) is 27.0. The van der Waals surface area contributed by atoms with E-state index in [0.29, 0.717) is 17.5 Å². The zero-order valence-electron chi connectivity index (χ0n) is 25.7. The highest BCUT2D eigenvalue weighted by Crippen LogP contribution is 2.45. The van der Waals surface area contributed by atoms with Crippen LogP contribution in [0.15, 0.2) is 158 Å². The molecule has 0 spiro atoms. The largest absolute Gasteiger partial charge is 0.308 e. The molecule has 0 N–H and O–H groups in total. The van der Waals surface area contributed by atoms with Crippen molar-refractivity contribution < 1.29 is 0 Å². The van der Waals surface area contributed by atoms with Crippen LogP contribution in [0.25, 0.3) is 92.6 Å². The Morgan fingerprint density at radius 3 is 1.73 bits per heavy atom. The van der Waals surface area contributed by atoms with Crippen LogP contribution in [-0.2, 0) is 0 Å². The fourth-order valence-electron chi connectivity index (χ4n) is 7.02. The number of para-hydroxylation sites is 1. The summed E-state index contributed by atoms with van der Waals surface area (Å²) in [5.74, 6) is 1.95. The Morgan fingerprint density at radius 2 is 1.00 bits per heavy atom. The molecule has 0 atom stereocenters. The number of rotatable bonds is 4. The van der Waals surface area contributed by atoms with Crippen molar-refractivity contribution in [3.8, 4) is 39.9 Å². The fraction of sp³-hybridized carbons (Fsp3) is 0. The van der Waals surface area contributed by atoms with E-state index >= 15 is 0 Å². The minimum Gasteiger partial charge on any atom is -0.308 e. The number of thiophene rings is 1. The van der Waals surface area contributed by atoms with Crippen molar-refractivity contribution in [1.82, 2.24) is 19.5 Å². The summed E-state index contributed by atoms with van der Waals surface area (Å²) in [6.45, 7) is 0. The van der Waals surface area contributed by atoms with Crippen molar-refractivity contribution in [3.05, 3.63) is 158 Å². The van der Waals surface area contributed by atoms with E-state index in [0.717, 1.165) is 38.1 Å². The van der Waals surface area contributed by atoms with Gasteiger partial charge in [0.15, 0.2) is 17.5 Å². The van der Waals surface area contributed by atoms with Crippen molar-refractivity contribution >= 4 is 64.1 Å². The van der Waals surface area contributed by atoms with Crippen LogP contribution in [0.4, 0.5) is 0 Å². The molecule has 0 bridgehead atoms. The molecule has 0 radical (unpaired) electrons. The van der Waals surface area contributed by atoms with Crippen molar-refractivity contribution in [2.45, 2.75) is 0 Å². The lowest BCUT2D eigenvalue weighted by molar-refractivity contribution is 1.07. The van der Waals surface area contributed by atoms with Crippen LogP contribution in [-0.4, -0.2) is 19.5 Å². The Labute approximate surface area is 280 Å². The highest BCUT2D eigenvalue weighted by Gasteiger charge is 2.23. The Kier molecular flexibility index (Phi) is 6.01. The molecular formula is C43H26N4S. The highest BCUT2D eigenvalue weighted by molar-refractivity contribution is 7.26. The van der Waals surface area contributed by atoms with Crippen LogP contribution >= 0.6 is 11.3 Å². The van der Waals surface area contributed by atoms with Gasteiger partial charge in [0.25, 0.3) is 0 Å². The second-order valence-corrected chi connectivity index (χ2v) is 13.1. The van der Waals surface area contributed by atoms with E-state index in [9.17, 15) is 0 Å². The van der Waals surface area contributed by atoms with Crippen molar-refractivity contribution in [2.75, 3.05) is 0 Å². The van der Waals surface area contributed by atoms with Crippen LogP contribution in [0.1, 0.15) is 0 Å². The molecule has 0 saturated heterocycles. The monoisotopic (exact) mass is 630 g/mol. The van der Waals surface area contributed by atoms with Crippen LogP contribution in [0.3, 0.4) is 0 Å². The van der Waals surface area contributed by atoms with Gasteiger partial charge in [-0.3, -0.25) is 0 Å². The van der Waals surface area contributed by atoms with Crippen LogP contribution in [0, 0.1) is 0 Å². The summed E-state index contributed by atoms with van der Waals surface area (Å²) < 4.78 is 4.80. The van der Waals surface area contributed by atoms with Crippen LogP contribution < -0.4 is 0 Å². The molecule has 0 unspecified atom stereocenters. The smallest absolute Gasteiger partial charge is 0.167 e. The SMILES string of the molecule is c1ccc(-c2nc(-c3ccccc3)nc(-c3c(-n4c5ccccc5c5cc6ccccc6cc54)ccc4c3sc3ccccc34)n2)cc1. The minimum atomic E-state index is 0.650. The van der Waals surface area contributed by atoms with Crippen molar-refractivity contribution in [2.24, 2.45) is 0 Å². The number of hydrogen-bond acceptors (Lipinski definition) is 4. The summed E-state index contributed by atoms with van der Waals surface area (Å²) in [4.78, 5) is 15.6. The molecule has 0 aliphatic heterocycles. The third-order valence-corrected chi connectivity index (χ3v) is 10.4. The summed E-state index contributed by atoms with van der Waals surface area (Å²) in [6, 6.07) is 55.5. The molecule has 0 aliphatic carbocycles. The summed E-state index contributed by atoms with van der Waals surface area (Å²) in [5.41, 5.74) is 6.24. The van der Waals surface area contributed by atoms with Crippen LogP contribution in [0.5, 0.6) is 0 Å². The first-order valence-corrected chi connectivity index (χ1v) is 16.9. The molecule has 224 valence electrons. The molecule has 48 heavy (non-hydrogen) atoms. The molecule has 4 nitrogen and oxygen atoms in total. The first-order chi connectivity index (χ1) is 23.8. The van der Waals surface area contributed by atoms with Crippen molar-refractivity contribution in [3.63, 3.8) is 0 Å². The number of aromatic nitrogens is 4. The van der Waals surface area contributed by atoms with E-state index in [-0.39, 0.29) is 0 Å². The van der Waals surface area contributed by atoms with E-state index < -0.39 is 0 Å². The maximum atomic E-state index is 5.27. The lowest BCUT2D eigenvalue weighted by Gasteiger charge is -2.16. The molecular weight excluding hydrogens is 605 g/mol. The van der Waals surface area contributed by atoms with Crippen molar-refractivity contribution in [1.29, 1.82) is 0 Å². The van der Waals surface area contributed by atoms with E-state index in [1.54, 1.807) is 11.3 Å². The predicted molar refractivity (Wildman–Crippen MR) is 201 cm³/mol. The highest BCUT2D eigenvalue weighted by atomic mass is 32.1. The Morgan fingerprint density at radius 1 is 0.417 bits per heavy atom. The molecule has 10 rings (SSSR count). The molecule has 0 fully saturated rings. The van der Waals surface area contributed by atoms with Gasteiger partial charge in [-0.05, 0) is 41.1 Å². The predicted octanol–water partition coefficient (Wildman–Crippen LogP) is 11.5. The molecule has 5 heteroatoms. The van der Waals surface area contributed by atoms with Gasteiger partial charge in [0, 0.05) is 42.1 Å². The lowest BCUT2D eigenvalue weighted by atomic mass is 10.0. The summed E-state index contributed by atoms with van der Waals surface area (Å²) in [5, 5.41) is 7.30. The van der Waals surface area contributed by atoms with E-state index in [1.165, 1.54) is 37.0 Å². The fourth-order valence-corrected chi connectivity index (χ4v) is 8.26.